The molecule has 0 spiro atoms. The van der Waals surface area contributed by atoms with Crippen molar-refractivity contribution in [3.63, 3.8) is 0 Å². The number of benzene rings is 1. The Kier molecular flexibility index (Phi) is 5.34. The summed E-state index contributed by atoms with van der Waals surface area (Å²) in [6.45, 7) is 2.32. The lowest BCUT2D eigenvalue weighted by Crippen LogP contribution is -2.30. The summed E-state index contributed by atoms with van der Waals surface area (Å²) in [5.41, 5.74) is 3.58. The lowest BCUT2D eigenvalue weighted by atomic mass is 10.0. The quantitative estimate of drug-likeness (QED) is 0.652. The van der Waals surface area contributed by atoms with Crippen molar-refractivity contribution in [1.82, 2.24) is 14.9 Å². The van der Waals surface area contributed by atoms with Crippen LogP contribution in [0.2, 0.25) is 0 Å². The van der Waals surface area contributed by atoms with Gasteiger partial charge in [-0.05, 0) is 56.9 Å². The van der Waals surface area contributed by atoms with Gasteiger partial charge in [-0.25, -0.2) is 4.98 Å². The Balaban J connectivity index is 1.54. The number of carbonyl (C=O) groups is 1. The largest absolute Gasteiger partial charge is 0.467 e. The minimum Gasteiger partial charge on any atom is -0.467 e. The highest BCUT2D eigenvalue weighted by molar-refractivity contribution is 8.00. The van der Waals surface area contributed by atoms with Gasteiger partial charge in [-0.3, -0.25) is 9.36 Å². The Morgan fingerprint density at radius 2 is 2.04 bits per heavy atom. The minimum absolute atomic E-state index is 0.0167. The molecule has 1 N–H and O–H groups in total. The summed E-state index contributed by atoms with van der Waals surface area (Å²) in [7, 11) is 0. The van der Waals surface area contributed by atoms with Gasteiger partial charge in [0.2, 0.25) is 5.91 Å². The Labute approximate surface area is 163 Å². The maximum Gasteiger partial charge on any atom is 0.233 e. The second-order valence-corrected chi connectivity index (χ2v) is 8.03. The summed E-state index contributed by atoms with van der Waals surface area (Å²) in [6.07, 6.45) is 6.04. The highest BCUT2D eigenvalue weighted by atomic mass is 32.2. The summed E-state index contributed by atoms with van der Waals surface area (Å²) in [5, 5.41) is 3.59. The van der Waals surface area contributed by atoms with E-state index in [0.29, 0.717) is 6.54 Å². The standard InChI is InChI=1S/C21H23N3O2S/c1-15(20(25)22-14-17-10-7-13-26-17)27-21-23-18-11-5-6-12-19(18)24(21)16-8-3-2-4-9-16/h2-4,7-10,13,15H,5-6,11-12,14H2,1H3,(H,22,25). The molecule has 0 fully saturated rings. The number of aromatic nitrogens is 2. The van der Waals surface area contributed by atoms with E-state index in [1.54, 1.807) is 6.26 Å². The molecule has 1 aliphatic carbocycles. The monoisotopic (exact) mass is 381 g/mol. The van der Waals surface area contributed by atoms with Crippen molar-refractivity contribution in [2.45, 2.75) is 49.6 Å². The second-order valence-electron chi connectivity index (χ2n) is 6.72. The number of amides is 1. The third-order valence-electron chi connectivity index (χ3n) is 4.78. The smallest absolute Gasteiger partial charge is 0.233 e. The average Bonchev–Trinajstić information content (AvgIpc) is 3.34. The van der Waals surface area contributed by atoms with Crippen molar-refractivity contribution in [3.05, 3.63) is 65.9 Å². The summed E-state index contributed by atoms with van der Waals surface area (Å²) in [6, 6.07) is 14.0. The molecule has 2 heterocycles. The van der Waals surface area contributed by atoms with Crippen molar-refractivity contribution >= 4 is 17.7 Å². The zero-order chi connectivity index (χ0) is 18.6. The maximum absolute atomic E-state index is 12.5. The van der Waals surface area contributed by atoms with E-state index >= 15 is 0 Å². The van der Waals surface area contributed by atoms with Crippen molar-refractivity contribution < 1.29 is 9.21 Å². The van der Waals surface area contributed by atoms with Gasteiger partial charge in [0.25, 0.3) is 0 Å². The van der Waals surface area contributed by atoms with Crippen molar-refractivity contribution in [1.29, 1.82) is 0 Å². The first-order valence-corrected chi connectivity index (χ1v) is 10.2. The number of thioether (sulfide) groups is 1. The van der Waals surface area contributed by atoms with Crippen LogP contribution in [0.25, 0.3) is 5.69 Å². The van der Waals surface area contributed by atoms with Crippen molar-refractivity contribution in [3.8, 4) is 5.69 Å². The molecule has 140 valence electrons. The number of hydrogen-bond donors (Lipinski definition) is 1. The van der Waals surface area contributed by atoms with E-state index in [4.69, 9.17) is 9.40 Å². The van der Waals surface area contributed by atoms with Crippen LogP contribution in [0, 0.1) is 0 Å². The van der Waals surface area contributed by atoms with Crippen LogP contribution >= 0.6 is 11.8 Å². The normalized spacial score (nSPS) is 14.6. The fraction of sp³-hybridized carbons (Fsp3) is 0.333. The molecule has 0 saturated heterocycles. The minimum atomic E-state index is -0.244. The topological polar surface area (TPSA) is 60.1 Å². The Morgan fingerprint density at radius 3 is 2.81 bits per heavy atom. The fourth-order valence-corrected chi connectivity index (χ4v) is 4.37. The molecule has 1 amide bonds. The fourth-order valence-electron chi connectivity index (χ4n) is 3.38. The lowest BCUT2D eigenvalue weighted by Gasteiger charge is -2.16. The molecule has 1 unspecified atom stereocenters. The van der Waals surface area contributed by atoms with Crippen molar-refractivity contribution in [2.24, 2.45) is 0 Å². The number of aryl methyl sites for hydroxylation is 1. The van der Waals surface area contributed by atoms with Gasteiger partial charge in [0, 0.05) is 11.4 Å². The van der Waals surface area contributed by atoms with Gasteiger partial charge in [0.1, 0.15) is 5.76 Å². The number of carbonyl (C=O) groups excluding carboxylic acids is 1. The van der Waals surface area contributed by atoms with Crippen LogP contribution in [-0.4, -0.2) is 20.7 Å². The van der Waals surface area contributed by atoms with Crippen LogP contribution < -0.4 is 5.32 Å². The summed E-state index contributed by atoms with van der Waals surface area (Å²) < 4.78 is 7.51. The van der Waals surface area contributed by atoms with Crippen LogP contribution in [0.4, 0.5) is 0 Å². The SMILES string of the molecule is CC(Sc1nc2c(n1-c1ccccc1)CCCC2)C(=O)NCc1ccco1. The molecular formula is C21H23N3O2S. The number of rotatable bonds is 6. The van der Waals surface area contributed by atoms with Gasteiger partial charge in [-0.1, -0.05) is 30.0 Å². The van der Waals surface area contributed by atoms with E-state index in [2.05, 4.69) is 22.0 Å². The molecule has 0 radical (unpaired) electrons. The lowest BCUT2D eigenvalue weighted by molar-refractivity contribution is -0.120. The van der Waals surface area contributed by atoms with E-state index in [-0.39, 0.29) is 11.2 Å². The Hall–Kier alpha value is -2.47. The summed E-state index contributed by atoms with van der Waals surface area (Å²) >= 11 is 1.51. The molecule has 2 aromatic heterocycles. The highest BCUT2D eigenvalue weighted by Gasteiger charge is 2.24. The van der Waals surface area contributed by atoms with E-state index in [1.165, 1.54) is 36.0 Å². The molecule has 5 nitrogen and oxygen atoms in total. The van der Waals surface area contributed by atoms with Crippen LogP contribution in [-0.2, 0) is 24.2 Å². The number of imidazole rings is 1. The zero-order valence-electron chi connectivity index (χ0n) is 15.4. The number of para-hydroxylation sites is 1. The second kappa shape index (κ2) is 8.05. The third-order valence-corrected chi connectivity index (χ3v) is 5.84. The molecule has 3 aromatic rings. The summed E-state index contributed by atoms with van der Waals surface area (Å²) in [4.78, 5) is 17.4. The van der Waals surface area contributed by atoms with Crippen molar-refractivity contribution in [2.75, 3.05) is 0 Å². The van der Waals surface area contributed by atoms with Gasteiger partial charge >= 0.3 is 0 Å². The van der Waals surface area contributed by atoms with Gasteiger partial charge in [0.15, 0.2) is 5.16 Å². The molecule has 4 rings (SSSR count). The number of furan rings is 1. The van der Waals surface area contributed by atoms with Crippen LogP contribution in [0.15, 0.2) is 58.3 Å². The third kappa shape index (κ3) is 3.95. The summed E-state index contributed by atoms with van der Waals surface area (Å²) in [5.74, 6) is 0.735. The number of nitrogens with zero attached hydrogens (tertiary/aromatic N) is 2. The first-order chi connectivity index (χ1) is 13.2. The van der Waals surface area contributed by atoms with Crippen LogP contribution in [0.5, 0.6) is 0 Å². The molecule has 1 aromatic carbocycles. The zero-order valence-corrected chi connectivity index (χ0v) is 16.2. The Bertz CT molecular complexity index is 903. The molecule has 1 atom stereocenters. The maximum atomic E-state index is 12.5. The van der Waals surface area contributed by atoms with Crippen LogP contribution in [0.3, 0.4) is 0 Å². The van der Waals surface area contributed by atoms with Gasteiger partial charge < -0.3 is 9.73 Å². The molecule has 0 aliphatic heterocycles. The predicted molar refractivity (Wildman–Crippen MR) is 106 cm³/mol. The average molecular weight is 382 g/mol. The molecule has 6 heteroatoms. The predicted octanol–water partition coefficient (Wildman–Crippen LogP) is 4.14. The molecule has 0 bridgehead atoms. The van der Waals surface area contributed by atoms with E-state index < -0.39 is 0 Å². The van der Waals surface area contributed by atoms with Gasteiger partial charge in [-0.2, -0.15) is 0 Å². The van der Waals surface area contributed by atoms with E-state index in [9.17, 15) is 4.79 Å². The van der Waals surface area contributed by atoms with E-state index in [0.717, 1.165) is 29.4 Å². The number of hydrogen-bond acceptors (Lipinski definition) is 4. The molecule has 27 heavy (non-hydrogen) atoms. The number of nitrogens with one attached hydrogen (secondary N) is 1. The highest BCUT2D eigenvalue weighted by Crippen LogP contribution is 2.32. The molecule has 0 saturated carbocycles. The van der Waals surface area contributed by atoms with Gasteiger partial charge in [-0.15, -0.1) is 0 Å². The van der Waals surface area contributed by atoms with E-state index in [1.807, 2.05) is 37.3 Å². The first-order valence-electron chi connectivity index (χ1n) is 9.35. The Morgan fingerprint density at radius 1 is 1.22 bits per heavy atom. The number of fused-ring (bicyclic) bond motifs is 1. The first kappa shape index (κ1) is 17.9. The van der Waals surface area contributed by atoms with Gasteiger partial charge in [0.05, 0.1) is 23.8 Å². The molecular weight excluding hydrogens is 358 g/mol. The molecule has 1 aliphatic rings. The van der Waals surface area contributed by atoms with Crippen LogP contribution in [0.1, 0.15) is 36.9 Å².